The lowest BCUT2D eigenvalue weighted by atomic mass is 10.3. The Hall–Kier alpha value is -1.62. The second kappa shape index (κ2) is 5.35. The summed E-state index contributed by atoms with van der Waals surface area (Å²) in [5.74, 6) is 2.68. The van der Waals surface area contributed by atoms with Crippen LogP contribution in [-0.2, 0) is 0 Å². The van der Waals surface area contributed by atoms with E-state index in [-0.39, 0.29) is 0 Å². The van der Waals surface area contributed by atoms with Gasteiger partial charge in [0.15, 0.2) is 0 Å². The van der Waals surface area contributed by atoms with E-state index in [4.69, 9.17) is 9.47 Å². The van der Waals surface area contributed by atoms with E-state index in [0.717, 1.165) is 15.9 Å². The number of halogens is 1. The number of nitrogens with zero attached hydrogens (tertiary/aromatic N) is 2. The molecule has 0 atom stereocenters. The van der Waals surface area contributed by atoms with E-state index in [1.807, 2.05) is 32.0 Å². The molecule has 0 fully saturated rings. The first kappa shape index (κ1) is 12.8. The first-order valence-corrected chi connectivity index (χ1v) is 6.21. The minimum absolute atomic E-state index is 0.533. The van der Waals surface area contributed by atoms with Gasteiger partial charge in [0.1, 0.15) is 17.3 Å². The zero-order chi connectivity index (χ0) is 13.1. The van der Waals surface area contributed by atoms with Crippen molar-refractivity contribution in [3.05, 3.63) is 40.3 Å². The van der Waals surface area contributed by atoms with Crippen LogP contribution in [0.15, 0.2) is 28.7 Å². The van der Waals surface area contributed by atoms with Gasteiger partial charge in [-0.2, -0.15) is 4.98 Å². The van der Waals surface area contributed by atoms with Gasteiger partial charge in [-0.3, -0.25) is 0 Å². The van der Waals surface area contributed by atoms with Gasteiger partial charge in [0, 0.05) is 11.8 Å². The van der Waals surface area contributed by atoms with Gasteiger partial charge in [0.05, 0.1) is 11.6 Å². The summed E-state index contributed by atoms with van der Waals surface area (Å²) >= 11 is 3.43. The second-order valence-corrected chi connectivity index (χ2v) is 4.65. The molecule has 4 nitrogen and oxygen atoms in total. The van der Waals surface area contributed by atoms with Crippen molar-refractivity contribution in [2.45, 2.75) is 13.8 Å². The Kier molecular flexibility index (Phi) is 3.81. The Bertz CT molecular complexity index is 553. The van der Waals surface area contributed by atoms with E-state index in [9.17, 15) is 0 Å². The van der Waals surface area contributed by atoms with Crippen molar-refractivity contribution in [3.8, 4) is 17.4 Å². The third kappa shape index (κ3) is 2.98. The van der Waals surface area contributed by atoms with Crippen molar-refractivity contribution < 1.29 is 9.47 Å². The first-order chi connectivity index (χ1) is 8.58. The molecule has 0 N–H and O–H groups in total. The first-order valence-electron chi connectivity index (χ1n) is 5.42. The van der Waals surface area contributed by atoms with E-state index in [1.54, 1.807) is 13.2 Å². The molecule has 0 radical (unpaired) electrons. The number of hydrogen-bond acceptors (Lipinski definition) is 4. The molecule has 94 valence electrons. The molecule has 2 aromatic rings. The van der Waals surface area contributed by atoms with Crippen LogP contribution in [0.4, 0.5) is 0 Å². The number of methoxy groups -OCH3 is 1. The molecule has 0 bridgehead atoms. The van der Waals surface area contributed by atoms with Crippen molar-refractivity contribution >= 4 is 15.9 Å². The molecule has 18 heavy (non-hydrogen) atoms. The molecule has 0 unspecified atom stereocenters. The third-order valence-electron chi connectivity index (χ3n) is 2.30. The number of hydrogen-bond donors (Lipinski definition) is 0. The predicted octanol–water partition coefficient (Wildman–Crippen LogP) is 3.66. The van der Waals surface area contributed by atoms with Crippen LogP contribution in [0, 0.1) is 13.8 Å². The number of aromatic nitrogens is 2. The summed E-state index contributed by atoms with van der Waals surface area (Å²) in [6.07, 6.45) is 0. The van der Waals surface area contributed by atoms with Gasteiger partial charge in [-0.15, -0.1) is 0 Å². The molecule has 2 rings (SSSR count). The zero-order valence-corrected chi connectivity index (χ0v) is 12.0. The Balaban J connectivity index is 2.28. The average molecular weight is 309 g/mol. The molecule has 1 aromatic heterocycles. The van der Waals surface area contributed by atoms with Crippen molar-refractivity contribution in [3.63, 3.8) is 0 Å². The second-order valence-electron chi connectivity index (χ2n) is 3.79. The molecule has 0 amide bonds. The van der Waals surface area contributed by atoms with E-state index in [2.05, 4.69) is 25.9 Å². The highest BCUT2D eigenvalue weighted by Crippen LogP contribution is 2.32. The molecule has 0 spiro atoms. The van der Waals surface area contributed by atoms with Gasteiger partial charge < -0.3 is 9.47 Å². The predicted molar refractivity (Wildman–Crippen MR) is 72.3 cm³/mol. The van der Waals surface area contributed by atoms with Gasteiger partial charge in [-0.25, -0.2) is 4.98 Å². The lowest BCUT2D eigenvalue weighted by Gasteiger charge is -2.09. The molecule has 1 heterocycles. The van der Waals surface area contributed by atoms with Crippen LogP contribution < -0.4 is 9.47 Å². The maximum absolute atomic E-state index is 5.72. The van der Waals surface area contributed by atoms with Crippen LogP contribution >= 0.6 is 15.9 Å². The molecule has 0 aliphatic carbocycles. The van der Waals surface area contributed by atoms with Crippen LogP contribution in [0.1, 0.15) is 11.5 Å². The van der Waals surface area contributed by atoms with E-state index >= 15 is 0 Å². The van der Waals surface area contributed by atoms with Crippen molar-refractivity contribution in [1.29, 1.82) is 0 Å². The van der Waals surface area contributed by atoms with Crippen LogP contribution in [0.2, 0.25) is 0 Å². The largest absolute Gasteiger partial charge is 0.497 e. The minimum Gasteiger partial charge on any atom is -0.497 e. The lowest BCUT2D eigenvalue weighted by Crippen LogP contribution is -1.95. The maximum Gasteiger partial charge on any atom is 0.222 e. The van der Waals surface area contributed by atoms with Crippen LogP contribution in [0.5, 0.6) is 17.4 Å². The molecular weight excluding hydrogens is 296 g/mol. The number of ether oxygens (including phenoxy) is 2. The fraction of sp³-hybridized carbons (Fsp3) is 0.231. The topological polar surface area (TPSA) is 44.2 Å². The highest BCUT2D eigenvalue weighted by molar-refractivity contribution is 9.10. The summed E-state index contributed by atoms with van der Waals surface area (Å²) in [4.78, 5) is 8.43. The van der Waals surface area contributed by atoms with Gasteiger partial charge in [-0.1, -0.05) is 0 Å². The summed E-state index contributed by atoms with van der Waals surface area (Å²) in [5, 5.41) is 0. The molecule has 0 saturated carbocycles. The summed E-state index contributed by atoms with van der Waals surface area (Å²) in [5.41, 5.74) is 0.877. The lowest BCUT2D eigenvalue weighted by molar-refractivity contribution is 0.411. The van der Waals surface area contributed by atoms with E-state index in [0.29, 0.717) is 17.5 Å². The van der Waals surface area contributed by atoms with Gasteiger partial charge in [-0.05, 0) is 48.0 Å². The Morgan fingerprint density at radius 2 is 1.89 bits per heavy atom. The number of aryl methyl sites for hydroxylation is 2. The van der Waals surface area contributed by atoms with Crippen molar-refractivity contribution in [2.24, 2.45) is 0 Å². The highest BCUT2D eigenvalue weighted by atomic mass is 79.9. The number of rotatable bonds is 3. The van der Waals surface area contributed by atoms with Crippen molar-refractivity contribution in [2.75, 3.05) is 7.11 Å². The summed E-state index contributed by atoms with van der Waals surface area (Å²) in [7, 11) is 1.62. The average Bonchev–Trinajstić information content (AvgIpc) is 2.30. The van der Waals surface area contributed by atoms with E-state index < -0.39 is 0 Å². The fourth-order valence-corrected chi connectivity index (χ4v) is 1.98. The molecule has 0 aliphatic rings. The Labute approximate surface area is 114 Å². The van der Waals surface area contributed by atoms with E-state index in [1.165, 1.54) is 0 Å². The molecule has 0 saturated heterocycles. The molecular formula is C13H13BrN2O2. The van der Waals surface area contributed by atoms with Crippen molar-refractivity contribution in [1.82, 2.24) is 9.97 Å². The van der Waals surface area contributed by atoms with Crippen LogP contribution in [-0.4, -0.2) is 17.1 Å². The normalized spacial score (nSPS) is 10.2. The van der Waals surface area contributed by atoms with Crippen LogP contribution in [0.3, 0.4) is 0 Å². The van der Waals surface area contributed by atoms with Crippen LogP contribution in [0.25, 0.3) is 0 Å². The minimum atomic E-state index is 0.533. The maximum atomic E-state index is 5.72. The molecule has 0 aliphatic heterocycles. The summed E-state index contributed by atoms with van der Waals surface area (Å²) < 4.78 is 11.7. The standard InChI is InChI=1S/C13H13BrN2O2/c1-8-6-13(16-9(2)15-8)18-12-5-4-10(17-3)7-11(12)14/h4-7H,1-3H3. The summed E-state index contributed by atoms with van der Waals surface area (Å²) in [6, 6.07) is 7.30. The quantitative estimate of drug-likeness (QED) is 0.868. The monoisotopic (exact) mass is 308 g/mol. The fourth-order valence-electron chi connectivity index (χ4n) is 1.54. The van der Waals surface area contributed by atoms with Gasteiger partial charge in [0.2, 0.25) is 5.88 Å². The number of benzene rings is 1. The zero-order valence-electron chi connectivity index (χ0n) is 10.4. The van der Waals surface area contributed by atoms with Gasteiger partial charge in [0.25, 0.3) is 0 Å². The Morgan fingerprint density at radius 3 is 2.50 bits per heavy atom. The third-order valence-corrected chi connectivity index (χ3v) is 2.92. The smallest absolute Gasteiger partial charge is 0.222 e. The molecule has 5 heteroatoms. The molecule has 1 aromatic carbocycles. The Morgan fingerprint density at radius 1 is 1.11 bits per heavy atom. The van der Waals surface area contributed by atoms with Gasteiger partial charge >= 0.3 is 0 Å². The highest BCUT2D eigenvalue weighted by Gasteiger charge is 2.06. The SMILES string of the molecule is COc1ccc(Oc2cc(C)nc(C)n2)c(Br)c1. The summed E-state index contributed by atoms with van der Waals surface area (Å²) in [6.45, 7) is 3.74.